The molecule has 0 bridgehead atoms. The largest absolute Gasteiger partial charge is 0.480 e. The zero-order valence-corrected chi connectivity index (χ0v) is 23.5. The second kappa shape index (κ2) is 22.0. The lowest BCUT2D eigenvalue weighted by molar-refractivity contribution is -0.138. The molecule has 8 heteroatoms. The van der Waals surface area contributed by atoms with Gasteiger partial charge in [-0.05, 0) is 45.7 Å². The highest BCUT2D eigenvalue weighted by molar-refractivity contribution is 8.02. The van der Waals surface area contributed by atoms with Gasteiger partial charge in [-0.2, -0.15) is 0 Å². The molecular formula is C25H40ClNO4S2. The van der Waals surface area contributed by atoms with Gasteiger partial charge in [-0.25, -0.2) is 0 Å². The number of allylic oxidation sites excluding steroid dienone is 4. The van der Waals surface area contributed by atoms with Crippen LogP contribution in [0.4, 0.5) is 5.00 Å². The molecule has 1 rings (SSSR count). The number of nitrogens with one attached hydrogen (secondary N) is 1. The number of carboxylic acids is 1. The van der Waals surface area contributed by atoms with Crippen LogP contribution in [0.2, 0.25) is 0 Å². The lowest BCUT2D eigenvalue weighted by atomic mass is 10.1. The van der Waals surface area contributed by atoms with Crippen LogP contribution < -0.4 is 5.32 Å². The Morgan fingerprint density at radius 3 is 2.18 bits per heavy atom. The summed E-state index contributed by atoms with van der Waals surface area (Å²) in [6.45, 7) is 18.3. The van der Waals surface area contributed by atoms with E-state index in [0.29, 0.717) is 12.0 Å². The third-order valence-electron chi connectivity index (χ3n) is 3.54. The topological polar surface area (TPSA) is 83.5 Å². The third-order valence-corrected chi connectivity index (χ3v) is 6.17. The molecule has 0 aliphatic rings. The summed E-state index contributed by atoms with van der Waals surface area (Å²) >= 11 is 7.95. The predicted octanol–water partition coefficient (Wildman–Crippen LogP) is 7.73. The van der Waals surface area contributed by atoms with Gasteiger partial charge in [-0.1, -0.05) is 71.0 Å². The Morgan fingerprint density at radius 1 is 1.21 bits per heavy atom. The minimum atomic E-state index is -0.943. The molecule has 0 unspecified atom stereocenters. The maximum Gasteiger partial charge on any atom is 0.319 e. The summed E-state index contributed by atoms with van der Waals surface area (Å²) in [6, 6.07) is 3.85. The number of rotatable bonds is 10. The van der Waals surface area contributed by atoms with Crippen molar-refractivity contribution >= 4 is 57.4 Å². The molecule has 0 aliphatic heterocycles. The fraction of sp³-hybridized carbons (Fsp3) is 0.480. The van der Waals surface area contributed by atoms with Gasteiger partial charge in [0.1, 0.15) is 4.75 Å². The van der Waals surface area contributed by atoms with Crippen molar-refractivity contribution < 1.29 is 19.5 Å². The van der Waals surface area contributed by atoms with Crippen LogP contribution in [-0.2, 0) is 20.8 Å². The van der Waals surface area contributed by atoms with E-state index in [1.807, 2.05) is 39.8 Å². The standard InChI is InChI=1S/C12H17NO3S2.C9H11ClO.2C2H6/c1-4-8-5-6-10(18-8)13-9(14)7-17-12(2,3)11(15)16;1-3-9(8(2)11)6-4-5-7-10;2*1-2/h5-6H,4,7H2,1-3H3,(H,13,14)(H,15,16);3,5-7H,1,4H2,2H3;2*1-2H3/b;7-5+,9-6?;;. The van der Waals surface area contributed by atoms with Gasteiger partial charge in [0.15, 0.2) is 5.78 Å². The molecule has 33 heavy (non-hydrogen) atoms. The molecule has 1 heterocycles. The number of Topliss-reactive ketones (excluding diaryl/α,β-unsaturated/α-hetero) is 1. The monoisotopic (exact) mass is 517 g/mol. The maximum absolute atomic E-state index is 11.7. The first-order valence-corrected chi connectivity index (χ1v) is 13.2. The number of amides is 1. The average Bonchev–Trinajstić information content (AvgIpc) is 3.26. The average molecular weight is 518 g/mol. The zero-order chi connectivity index (χ0) is 26.4. The molecule has 1 aromatic heterocycles. The summed E-state index contributed by atoms with van der Waals surface area (Å²) in [4.78, 5) is 34.5. The van der Waals surface area contributed by atoms with E-state index in [4.69, 9.17) is 16.7 Å². The van der Waals surface area contributed by atoms with Crippen LogP contribution >= 0.6 is 34.7 Å². The minimum Gasteiger partial charge on any atom is -0.480 e. The Hall–Kier alpha value is -1.83. The number of aliphatic carboxylic acids is 1. The summed E-state index contributed by atoms with van der Waals surface area (Å²) in [5.74, 6) is -0.912. The highest BCUT2D eigenvalue weighted by Gasteiger charge is 2.28. The van der Waals surface area contributed by atoms with Crippen LogP contribution in [0.5, 0.6) is 0 Å². The van der Waals surface area contributed by atoms with E-state index < -0.39 is 10.7 Å². The summed E-state index contributed by atoms with van der Waals surface area (Å²) in [7, 11) is 0. The molecule has 1 amide bonds. The summed E-state index contributed by atoms with van der Waals surface area (Å²) in [5, 5.41) is 12.5. The second-order valence-electron chi connectivity index (χ2n) is 6.29. The summed E-state index contributed by atoms with van der Waals surface area (Å²) in [5.41, 5.74) is 2.07. The molecule has 0 fully saturated rings. The first kappa shape index (κ1) is 35.8. The smallest absolute Gasteiger partial charge is 0.319 e. The first-order chi connectivity index (χ1) is 15.6. The fourth-order valence-corrected chi connectivity index (χ4v) is 3.39. The summed E-state index contributed by atoms with van der Waals surface area (Å²) < 4.78 is -0.943. The van der Waals surface area contributed by atoms with Gasteiger partial charge in [0, 0.05) is 16.0 Å². The molecule has 5 nitrogen and oxygen atoms in total. The number of thiophene rings is 1. The fourth-order valence-electron chi connectivity index (χ4n) is 1.73. The van der Waals surface area contributed by atoms with E-state index in [1.54, 1.807) is 43.4 Å². The Kier molecular flexibility index (Phi) is 23.8. The number of carbonyl (C=O) groups is 3. The predicted molar refractivity (Wildman–Crippen MR) is 148 cm³/mol. The van der Waals surface area contributed by atoms with Gasteiger partial charge in [0.2, 0.25) is 5.91 Å². The van der Waals surface area contributed by atoms with Gasteiger partial charge < -0.3 is 10.4 Å². The van der Waals surface area contributed by atoms with Crippen molar-refractivity contribution in [2.24, 2.45) is 0 Å². The van der Waals surface area contributed by atoms with Crippen LogP contribution in [0.25, 0.3) is 0 Å². The van der Waals surface area contributed by atoms with Crippen LogP contribution in [0.3, 0.4) is 0 Å². The van der Waals surface area contributed by atoms with E-state index >= 15 is 0 Å². The highest BCUT2D eigenvalue weighted by Crippen LogP contribution is 2.26. The molecule has 0 aromatic carbocycles. The number of thioether (sulfide) groups is 1. The van der Waals surface area contributed by atoms with Gasteiger partial charge in [-0.15, -0.1) is 23.1 Å². The number of anilines is 1. The number of aryl methyl sites for hydroxylation is 1. The zero-order valence-electron chi connectivity index (χ0n) is 21.2. The van der Waals surface area contributed by atoms with Crippen molar-refractivity contribution in [2.45, 2.75) is 73.0 Å². The number of halogens is 1. The molecule has 0 saturated heterocycles. The lowest BCUT2D eigenvalue weighted by Gasteiger charge is -2.17. The molecule has 1 aromatic rings. The van der Waals surface area contributed by atoms with E-state index in [2.05, 4.69) is 18.8 Å². The SMILES string of the molecule is C=CC(=CC/C=C/Cl)C(C)=O.CC.CC.CCc1ccc(NC(=O)CSC(C)(C)C(=O)O)s1. The van der Waals surface area contributed by atoms with Crippen LogP contribution in [0, 0.1) is 0 Å². The van der Waals surface area contributed by atoms with Gasteiger partial charge in [0.25, 0.3) is 0 Å². The number of carbonyl (C=O) groups excluding carboxylic acids is 2. The number of ketones is 1. The van der Waals surface area contributed by atoms with Crippen molar-refractivity contribution in [3.8, 4) is 0 Å². The van der Waals surface area contributed by atoms with Gasteiger partial charge >= 0.3 is 5.97 Å². The normalized spacial score (nSPS) is 10.5. The number of carboxylic acid groups (broad SMARTS) is 1. The molecular weight excluding hydrogens is 478 g/mol. The van der Waals surface area contributed by atoms with Crippen molar-refractivity contribution in [2.75, 3.05) is 11.1 Å². The number of hydrogen-bond donors (Lipinski definition) is 2. The van der Waals surface area contributed by atoms with Gasteiger partial charge in [0.05, 0.1) is 10.8 Å². The number of hydrogen-bond acceptors (Lipinski definition) is 5. The van der Waals surface area contributed by atoms with Crippen molar-refractivity contribution in [1.29, 1.82) is 0 Å². The molecule has 2 N–H and O–H groups in total. The quantitative estimate of drug-likeness (QED) is 0.245. The molecule has 0 aliphatic carbocycles. The molecule has 0 radical (unpaired) electrons. The van der Waals surface area contributed by atoms with E-state index in [-0.39, 0.29) is 17.4 Å². The van der Waals surface area contributed by atoms with Crippen LogP contribution in [0.15, 0.2) is 48.0 Å². The second-order valence-corrected chi connectivity index (χ2v) is 9.31. The molecule has 188 valence electrons. The summed E-state index contributed by atoms with van der Waals surface area (Å²) in [6.07, 6.45) is 6.71. The highest BCUT2D eigenvalue weighted by atomic mass is 35.5. The molecule has 0 saturated carbocycles. The van der Waals surface area contributed by atoms with Crippen molar-refractivity contribution in [3.05, 3.63) is 52.9 Å². The van der Waals surface area contributed by atoms with Crippen LogP contribution in [-0.4, -0.2) is 33.3 Å². The van der Waals surface area contributed by atoms with Crippen molar-refractivity contribution in [3.63, 3.8) is 0 Å². The lowest BCUT2D eigenvalue weighted by Crippen LogP contribution is -2.29. The van der Waals surface area contributed by atoms with E-state index in [9.17, 15) is 14.4 Å². The van der Waals surface area contributed by atoms with Crippen LogP contribution in [0.1, 0.15) is 66.7 Å². The Balaban J connectivity index is -0.000000516. The van der Waals surface area contributed by atoms with E-state index in [1.165, 1.54) is 17.3 Å². The molecule has 0 atom stereocenters. The minimum absolute atomic E-state index is 0.0305. The first-order valence-electron chi connectivity index (χ1n) is 10.9. The third kappa shape index (κ3) is 18.3. The Bertz CT molecular complexity index is 768. The Morgan fingerprint density at radius 2 is 1.79 bits per heavy atom. The van der Waals surface area contributed by atoms with Gasteiger partial charge in [-0.3, -0.25) is 14.4 Å². The Labute approximate surface area is 213 Å². The maximum atomic E-state index is 11.7. The van der Waals surface area contributed by atoms with E-state index in [0.717, 1.165) is 23.2 Å². The van der Waals surface area contributed by atoms with Crippen molar-refractivity contribution in [1.82, 2.24) is 0 Å². The molecule has 0 spiro atoms.